The Morgan fingerprint density at radius 2 is 1.76 bits per heavy atom. The van der Waals surface area contributed by atoms with Crippen LogP contribution in [-0.2, 0) is 13.0 Å². The summed E-state index contributed by atoms with van der Waals surface area (Å²) in [6.07, 6.45) is 10.4. The number of fused-ring (bicyclic) bond motifs is 3. The number of rotatable bonds is 8. The van der Waals surface area contributed by atoms with E-state index in [4.69, 9.17) is 0 Å². The smallest absolute Gasteiger partial charge is 0.123 e. The summed E-state index contributed by atoms with van der Waals surface area (Å²) in [5.74, 6) is 0.304. The lowest BCUT2D eigenvalue weighted by Crippen LogP contribution is -2.14. The fourth-order valence-electron chi connectivity index (χ4n) is 4.83. The molecule has 1 aliphatic rings. The predicted molar refractivity (Wildman–Crippen MR) is 142 cm³/mol. The third-order valence-electron chi connectivity index (χ3n) is 6.69. The number of benzene rings is 2. The monoisotopic (exact) mass is 446 g/mol. The van der Waals surface area contributed by atoms with Crippen LogP contribution in [0.15, 0.2) is 61.8 Å². The Balaban J connectivity index is 0.000000454. The summed E-state index contributed by atoms with van der Waals surface area (Å²) in [5, 5.41) is 4.10. The molecular weight excluding hydrogens is 407 g/mol. The summed E-state index contributed by atoms with van der Waals surface area (Å²) in [5.41, 5.74) is 6.96. The van der Waals surface area contributed by atoms with E-state index in [1.54, 1.807) is 18.3 Å². The lowest BCUT2D eigenvalue weighted by Gasteiger charge is -2.25. The van der Waals surface area contributed by atoms with Gasteiger partial charge in [0.05, 0.1) is 0 Å². The van der Waals surface area contributed by atoms with Crippen molar-refractivity contribution < 1.29 is 4.39 Å². The molecule has 0 amide bonds. The van der Waals surface area contributed by atoms with Gasteiger partial charge in [0.1, 0.15) is 5.82 Å². The van der Waals surface area contributed by atoms with E-state index in [-0.39, 0.29) is 5.82 Å². The third kappa shape index (κ3) is 5.76. The van der Waals surface area contributed by atoms with Crippen LogP contribution in [0.4, 0.5) is 10.1 Å². The first-order chi connectivity index (χ1) is 16.0. The van der Waals surface area contributed by atoms with Crippen molar-refractivity contribution in [2.45, 2.75) is 72.3 Å². The molecule has 0 radical (unpaired) electrons. The minimum absolute atomic E-state index is 0.186. The van der Waals surface area contributed by atoms with Crippen molar-refractivity contribution in [3.05, 3.63) is 84.5 Å². The summed E-state index contributed by atoms with van der Waals surface area (Å²) in [6, 6.07) is 13.5. The van der Waals surface area contributed by atoms with Crippen LogP contribution >= 0.6 is 0 Å². The van der Waals surface area contributed by atoms with Gasteiger partial charge < -0.3 is 9.88 Å². The fourth-order valence-corrected chi connectivity index (χ4v) is 4.83. The number of halogens is 1. The lowest BCUT2D eigenvalue weighted by molar-refractivity contribution is 0.556. The van der Waals surface area contributed by atoms with Crippen LogP contribution < -0.4 is 5.32 Å². The minimum Gasteiger partial charge on any atom is -0.362 e. The highest BCUT2D eigenvalue weighted by atomic mass is 19.1. The van der Waals surface area contributed by atoms with Gasteiger partial charge in [-0.25, -0.2) is 4.39 Å². The minimum atomic E-state index is -0.186. The molecule has 1 N–H and O–H groups in total. The van der Waals surface area contributed by atoms with Gasteiger partial charge >= 0.3 is 0 Å². The number of unbranched alkanes of at least 4 members (excludes halogenated alkanes) is 3. The fraction of sp³-hybridized carbons (Fsp3) is 0.400. The van der Waals surface area contributed by atoms with Crippen molar-refractivity contribution >= 4 is 22.2 Å². The standard InChI is InChI=1S/C24H25FN2.C6H14/c1-4-18-8-12-23-24(16(18)3)21-14-19(25)9-13-22(21)27(23)15-17-6-10-20(11-7-17)26-5-2;1-3-5-6-4-2/h5-7,9-11,13-14,18,26H,2-4,8,12,15H2,1H3;3-6H2,1-2H3. The van der Waals surface area contributed by atoms with Crippen molar-refractivity contribution in [2.75, 3.05) is 5.32 Å². The summed E-state index contributed by atoms with van der Waals surface area (Å²) < 4.78 is 16.4. The van der Waals surface area contributed by atoms with Crippen LogP contribution in [0.25, 0.3) is 16.5 Å². The zero-order valence-corrected chi connectivity index (χ0v) is 20.6. The van der Waals surface area contributed by atoms with Gasteiger partial charge in [0, 0.05) is 34.4 Å². The molecule has 3 aromatic rings. The number of nitrogens with one attached hydrogen (secondary N) is 1. The second-order valence-corrected chi connectivity index (χ2v) is 8.99. The number of hydrogen-bond donors (Lipinski definition) is 1. The molecule has 1 atom stereocenters. The zero-order valence-electron chi connectivity index (χ0n) is 20.6. The van der Waals surface area contributed by atoms with E-state index >= 15 is 0 Å². The first-order valence-electron chi connectivity index (χ1n) is 12.5. The van der Waals surface area contributed by atoms with E-state index in [0.29, 0.717) is 5.92 Å². The highest BCUT2D eigenvalue weighted by molar-refractivity contribution is 5.95. The Hall–Kier alpha value is -2.81. The molecule has 0 fully saturated rings. The molecule has 2 nitrogen and oxygen atoms in total. The molecule has 0 saturated carbocycles. The maximum atomic E-state index is 14.0. The number of hydrogen-bond acceptors (Lipinski definition) is 1. The quantitative estimate of drug-likeness (QED) is 0.342. The molecule has 1 unspecified atom stereocenters. The second kappa shape index (κ2) is 11.9. The summed E-state index contributed by atoms with van der Waals surface area (Å²) in [6.45, 7) is 15.5. The predicted octanol–water partition coefficient (Wildman–Crippen LogP) is 8.96. The molecule has 2 aromatic carbocycles. The number of nitrogens with zero attached hydrogens (tertiary/aromatic N) is 1. The Kier molecular flexibility index (Phi) is 8.94. The highest BCUT2D eigenvalue weighted by Crippen LogP contribution is 2.42. The summed E-state index contributed by atoms with van der Waals surface area (Å²) in [7, 11) is 0. The molecule has 0 aliphatic heterocycles. The van der Waals surface area contributed by atoms with E-state index in [9.17, 15) is 4.39 Å². The molecule has 33 heavy (non-hydrogen) atoms. The molecular formula is C30H39FN2. The maximum absolute atomic E-state index is 14.0. The van der Waals surface area contributed by atoms with Crippen molar-refractivity contribution in [3.8, 4) is 0 Å². The van der Waals surface area contributed by atoms with Crippen molar-refractivity contribution in [2.24, 2.45) is 5.92 Å². The van der Waals surface area contributed by atoms with Gasteiger partial charge in [0.15, 0.2) is 0 Å². The summed E-state index contributed by atoms with van der Waals surface area (Å²) >= 11 is 0. The number of allylic oxidation sites excluding steroid dienone is 1. The SMILES string of the molecule is C=CNc1ccc(Cn2c3c(c4cc(F)ccc42)C(=C)C(CC)CC3)cc1.CCCCCC. The van der Waals surface area contributed by atoms with Gasteiger partial charge in [0.2, 0.25) is 0 Å². The molecule has 176 valence electrons. The molecule has 1 heterocycles. The molecule has 0 spiro atoms. The van der Waals surface area contributed by atoms with E-state index in [1.807, 2.05) is 6.07 Å². The molecule has 3 heteroatoms. The number of anilines is 1. The molecule has 1 aliphatic carbocycles. The number of aromatic nitrogens is 1. The lowest BCUT2D eigenvalue weighted by atomic mass is 9.81. The van der Waals surface area contributed by atoms with Crippen molar-refractivity contribution in [1.82, 2.24) is 4.57 Å². The van der Waals surface area contributed by atoms with Gasteiger partial charge in [0.25, 0.3) is 0 Å². The Morgan fingerprint density at radius 1 is 1.06 bits per heavy atom. The average Bonchev–Trinajstić information content (AvgIpc) is 3.13. The molecule has 1 aromatic heterocycles. The highest BCUT2D eigenvalue weighted by Gasteiger charge is 2.27. The van der Waals surface area contributed by atoms with Gasteiger partial charge in [-0.3, -0.25) is 0 Å². The second-order valence-electron chi connectivity index (χ2n) is 8.99. The molecule has 4 rings (SSSR count). The first-order valence-corrected chi connectivity index (χ1v) is 12.5. The van der Waals surface area contributed by atoms with Gasteiger partial charge in [-0.15, -0.1) is 0 Å². The zero-order chi connectivity index (χ0) is 23.8. The van der Waals surface area contributed by atoms with E-state index in [0.717, 1.165) is 42.4 Å². The Labute approximate surface area is 199 Å². The average molecular weight is 447 g/mol. The van der Waals surface area contributed by atoms with Crippen molar-refractivity contribution in [1.29, 1.82) is 0 Å². The van der Waals surface area contributed by atoms with Crippen LogP contribution in [0.5, 0.6) is 0 Å². The van der Waals surface area contributed by atoms with Crippen molar-refractivity contribution in [3.63, 3.8) is 0 Å². The van der Waals surface area contributed by atoms with Gasteiger partial charge in [-0.1, -0.05) is 71.7 Å². The maximum Gasteiger partial charge on any atom is 0.123 e. The first kappa shape index (κ1) is 24.8. The molecule has 0 bridgehead atoms. The van der Waals surface area contributed by atoms with Crippen LogP contribution in [0.2, 0.25) is 0 Å². The van der Waals surface area contributed by atoms with Gasteiger partial charge in [-0.05, 0) is 72.8 Å². The Morgan fingerprint density at radius 3 is 2.36 bits per heavy atom. The van der Waals surface area contributed by atoms with E-state index < -0.39 is 0 Å². The van der Waals surface area contributed by atoms with Gasteiger partial charge in [-0.2, -0.15) is 0 Å². The van der Waals surface area contributed by atoms with Crippen LogP contribution in [-0.4, -0.2) is 4.57 Å². The molecule has 0 saturated heterocycles. The topological polar surface area (TPSA) is 17.0 Å². The largest absolute Gasteiger partial charge is 0.362 e. The van der Waals surface area contributed by atoms with E-state index in [2.05, 4.69) is 68.1 Å². The van der Waals surface area contributed by atoms with E-state index in [1.165, 1.54) is 48.1 Å². The normalized spacial score (nSPS) is 15.0. The third-order valence-corrected chi connectivity index (χ3v) is 6.69. The van der Waals surface area contributed by atoms with Crippen LogP contribution in [0.3, 0.4) is 0 Å². The van der Waals surface area contributed by atoms with Crippen LogP contribution in [0, 0.1) is 11.7 Å². The summed E-state index contributed by atoms with van der Waals surface area (Å²) in [4.78, 5) is 0. The van der Waals surface area contributed by atoms with Crippen LogP contribution in [0.1, 0.15) is 76.1 Å². The Bertz CT molecular complexity index is 1070.